The third-order valence-electron chi connectivity index (χ3n) is 4.37. The van der Waals surface area contributed by atoms with E-state index in [1.54, 1.807) is 13.3 Å². The SMILES string of the molecule is COc1ccc(C2(C(=O)NCc3nccs3)CCOCC2)cc1Cl. The van der Waals surface area contributed by atoms with Crippen LogP contribution in [0, 0.1) is 0 Å². The summed E-state index contributed by atoms with van der Waals surface area (Å²) in [6.45, 7) is 1.53. The summed E-state index contributed by atoms with van der Waals surface area (Å²) in [6.07, 6.45) is 2.98. The molecule has 0 bridgehead atoms. The van der Waals surface area contributed by atoms with E-state index in [1.165, 1.54) is 11.3 Å². The third kappa shape index (κ3) is 3.41. The van der Waals surface area contributed by atoms with Crippen LogP contribution in [0.3, 0.4) is 0 Å². The number of nitrogens with one attached hydrogen (secondary N) is 1. The molecule has 7 heteroatoms. The predicted molar refractivity (Wildman–Crippen MR) is 93.7 cm³/mol. The summed E-state index contributed by atoms with van der Waals surface area (Å²) in [7, 11) is 1.58. The van der Waals surface area contributed by atoms with Crippen molar-refractivity contribution >= 4 is 28.8 Å². The van der Waals surface area contributed by atoms with Gasteiger partial charge in [-0.05, 0) is 30.5 Å². The molecule has 2 heterocycles. The first-order valence-electron chi connectivity index (χ1n) is 7.74. The lowest BCUT2D eigenvalue weighted by molar-refractivity contribution is -0.130. The number of methoxy groups -OCH3 is 1. The quantitative estimate of drug-likeness (QED) is 0.882. The van der Waals surface area contributed by atoms with Gasteiger partial charge >= 0.3 is 0 Å². The van der Waals surface area contributed by atoms with Gasteiger partial charge in [0.25, 0.3) is 0 Å². The molecule has 0 saturated carbocycles. The molecule has 1 aromatic heterocycles. The zero-order valence-corrected chi connectivity index (χ0v) is 15.0. The van der Waals surface area contributed by atoms with Gasteiger partial charge in [-0.2, -0.15) is 0 Å². The molecule has 0 aliphatic carbocycles. The second-order valence-electron chi connectivity index (χ2n) is 5.65. The standard InChI is InChI=1S/C17H19ClN2O3S/c1-22-14-3-2-12(10-13(14)18)17(4-7-23-8-5-17)16(21)20-11-15-19-6-9-24-15/h2-3,6,9-10H,4-5,7-8,11H2,1H3,(H,20,21). The summed E-state index contributed by atoms with van der Waals surface area (Å²) in [4.78, 5) is 17.2. The predicted octanol–water partition coefficient (Wildman–Crippen LogP) is 3.17. The van der Waals surface area contributed by atoms with Crippen LogP contribution < -0.4 is 10.1 Å². The molecule has 0 unspecified atom stereocenters. The lowest BCUT2D eigenvalue weighted by Crippen LogP contribution is -2.47. The van der Waals surface area contributed by atoms with E-state index < -0.39 is 5.41 Å². The van der Waals surface area contributed by atoms with Gasteiger partial charge in [0.1, 0.15) is 10.8 Å². The highest BCUT2D eigenvalue weighted by Crippen LogP contribution is 2.38. The minimum Gasteiger partial charge on any atom is -0.495 e. The number of benzene rings is 1. The van der Waals surface area contributed by atoms with Crippen LogP contribution >= 0.6 is 22.9 Å². The van der Waals surface area contributed by atoms with E-state index in [-0.39, 0.29) is 5.91 Å². The normalized spacial score (nSPS) is 16.6. The molecule has 1 amide bonds. The number of nitrogens with zero attached hydrogens (tertiary/aromatic N) is 1. The molecule has 24 heavy (non-hydrogen) atoms. The molecule has 1 aliphatic rings. The Morgan fingerprint density at radius 2 is 2.25 bits per heavy atom. The fourth-order valence-electron chi connectivity index (χ4n) is 3.00. The Morgan fingerprint density at radius 1 is 1.46 bits per heavy atom. The monoisotopic (exact) mass is 366 g/mol. The van der Waals surface area contributed by atoms with Crippen molar-refractivity contribution in [3.8, 4) is 5.75 Å². The molecule has 0 radical (unpaired) electrons. The molecular weight excluding hydrogens is 348 g/mol. The molecule has 0 atom stereocenters. The Kier molecular flexibility index (Phi) is 5.38. The highest BCUT2D eigenvalue weighted by Gasteiger charge is 2.42. The number of thiazole rings is 1. The van der Waals surface area contributed by atoms with Crippen LogP contribution in [0.5, 0.6) is 5.75 Å². The largest absolute Gasteiger partial charge is 0.495 e. The van der Waals surface area contributed by atoms with E-state index in [1.807, 2.05) is 23.6 Å². The number of carbonyl (C=O) groups excluding carboxylic acids is 1. The van der Waals surface area contributed by atoms with E-state index in [9.17, 15) is 4.79 Å². The number of amides is 1. The number of carbonyl (C=O) groups is 1. The zero-order valence-electron chi connectivity index (χ0n) is 13.4. The van der Waals surface area contributed by atoms with Crippen LogP contribution in [0.15, 0.2) is 29.8 Å². The highest BCUT2D eigenvalue weighted by atomic mass is 35.5. The maximum atomic E-state index is 13.0. The topological polar surface area (TPSA) is 60.5 Å². The van der Waals surface area contributed by atoms with Gasteiger partial charge < -0.3 is 14.8 Å². The summed E-state index contributed by atoms with van der Waals surface area (Å²) in [6, 6.07) is 5.55. The van der Waals surface area contributed by atoms with Crippen molar-refractivity contribution in [2.45, 2.75) is 24.8 Å². The average Bonchev–Trinajstić information content (AvgIpc) is 3.13. The molecular formula is C17H19ClN2O3S. The number of rotatable bonds is 5. The first kappa shape index (κ1) is 17.2. The van der Waals surface area contributed by atoms with Crippen molar-refractivity contribution in [2.24, 2.45) is 0 Å². The van der Waals surface area contributed by atoms with Gasteiger partial charge in [0.2, 0.25) is 5.91 Å². The van der Waals surface area contributed by atoms with Crippen molar-refractivity contribution in [1.82, 2.24) is 10.3 Å². The van der Waals surface area contributed by atoms with Gasteiger partial charge in [0.05, 0.1) is 24.1 Å². The van der Waals surface area contributed by atoms with Crippen LogP contribution in [0.2, 0.25) is 5.02 Å². The van der Waals surface area contributed by atoms with Gasteiger partial charge in [-0.15, -0.1) is 11.3 Å². The number of ether oxygens (including phenoxy) is 2. The number of aromatic nitrogens is 1. The van der Waals surface area contributed by atoms with Crippen LogP contribution in [0.4, 0.5) is 0 Å². The first-order chi connectivity index (χ1) is 11.7. The first-order valence-corrected chi connectivity index (χ1v) is 9.00. The van der Waals surface area contributed by atoms with Gasteiger partial charge in [0, 0.05) is 24.8 Å². The maximum absolute atomic E-state index is 13.0. The zero-order chi connectivity index (χ0) is 17.0. The van der Waals surface area contributed by atoms with Crippen molar-refractivity contribution in [3.05, 3.63) is 45.4 Å². The van der Waals surface area contributed by atoms with Crippen LogP contribution in [-0.2, 0) is 21.5 Å². The summed E-state index contributed by atoms with van der Waals surface area (Å²) >= 11 is 7.80. The lowest BCUT2D eigenvalue weighted by atomic mass is 9.73. The average molecular weight is 367 g/mol. The summed E-state index contributed by atoms with van der Waals surface area (Å²) in [5, 5.41) is 6.31. The fourth-order valence-corrected chi connectivity index (χ4v) is 3.81. The second kappa shape index (κ2) is 7.51. The van der Waals surface area contributed by atoms with E-state index in [2.05, 4.69) is 10.3 Å². The van der Waals surface area contributed by atoms with Crippen molar-refractivity contribution in [2.75, 3.05) is 20.3 Å². The molecule has 0 spiro atoms. The van der Waals surface area contributed by atoms with Crippen molar-refractivity contribution < 1.29 is 14.3 Å². The second-order valence-corrected chi connectivity index (χ2v) is 7.04. The Bertz CT molecular complexity index is 700. The number of hydrogen-bond donors (Lipinski definition) is 1. The van der Waals surface area contributed by atoms with Gasteiger partial charge in [-0.25, -0.2) is 4.98 Å². The minimum absolute atomic E-state index is 0.0118. The molecule has 1 aromatic carbocycles. The molecule has 1 saturated heterocycles. The molecule has 128 valence electrons. The molecule has 1 aliphatic heterocycles. The Hall–Kier alpha value is -1.63. The van der Waals surface area contributed by atoms with Crippen molar-refractivity contribution in [1.29, 1.82) is 0 Å². The van der Waals surface area contributed by atoms with Crippen LogP contribution in [0.25, 0.3) is 0 Å². The van der Waals surface area contributed by atoms with E-state index in [0.717, 1.165) is 10.6 Å². The number of halogens is 1. The van der Waals surface area contributed by atoms with E-state index in [4.69, 9.17) is 21.1 Å². The summed E-state index contributed by atoms with van der Waals surface area (Å²) in [5.41, 5.74) is 0.263. The Morgan fingerprint density at radius 3 is 2.88 bits per heavy atom. The third-order valence-corrected chi connectivity index (χ3v) is 5.44. The molecule has 1 fully saturated rings. The molecule has 1 N–H and O–H groups in total. The highest BCUT2D eigenvalue weighted by molar-refractivity contribution is 7.09. The van der Waals surface area contributed by atoms with Crippen molar-refractivity contribution in [3.63, 3.8) is 0 Å². The summed E-state index contributed by atoms with van der Waals surface area (Å²) in [5.74, 6) is 0.591. The van der Waals surface area contributed by atoms with Gasteiger partial charge in [-0.3, -0.25) is 4.79 Å². The van der Waals surface area contributed by atoms with Gasteiger partial charge in [0.15, 0.2) is 0 Å². The summed E-state index contributed by atoms with van der Waals surface area (Å²) < 4.78 is 10.7. The fraction of sp³-hybridized carbons (Fsp3) is 0.412. The molecule has 3 rings (SSSR count). The Balaban J connectivity index is 1.86. The number of hydrogen-bond acceptors (Lipinski definition) is 5. The van der Waals surface area contributed by atoms with E-state index in [0.29, 0.717) is 43.4 Å². The van der Waals surface area contributed by atoms with Crippen LogP contribution in [-0.4, -0.2) is 31.2 Å². The van der Waals surface area contributed by atoms with E-state index >= 15 is 0 Å². The lowest BCUT2D eigenvalue weighted by Gasteiger charge is -2.36. The molecule has 5 nitrogen and oxygen atoms in total. The molecule has 2 aromatic rings. The smallest absolute Gasteiger partial charge is 0.231 e. The Labute approximate surface area is 150 Å². The minimum atomic E-state index is -0.634. The van der Waals surface area contributed by atoms with Gasteiger partial charge in [-0.1, -0.05) is 17.7 Å². The maximum Gasteiger partial charge on any atom is 0.231 e. The van der Waals surface area contributed by atoms with Crippen LogP contribution in [0.1, 0.15) is 23.4 Å².